The van der Waals surface area contributed by atoms with Gasteiger partial charge in [-0.05, 0) is 6.20 Å². The van der Waals surface area contributed by atoms with E-state index in [1.165, 1.54) is 6.20 Å². The highest BCUT2D eigenvalue weighted by Crippen LogP contribution is 1.48. The monoisotopic (exact) mass is 89.1 g/mol. The fourth-order valence-electron chi connectivity index (χ4n) is 0.0786. The highest BCUT2D eigenvalue weighted by molar-refractivity contribution is 4.75. The van der Waals surface area contributed by atoms with Crippen LogP contribution < -0.4 is 17.6 Å². The van der Waals surface area contributed by atoms with Gasteiger partial charge >= 0.3 is 0 Å². The molecule has 0 saturated heterocycles. The second-order valence-corrected chi connectivity index (χ2v) is 0.664. The number of hydrogen-bond donors (Lipinski definition) is 3. The molecule has 0 heterocycles. The van der Waals surface area contributed by atoms with Crippen LogP contribution in [0.3, 0.4) is 0 Å². The van der Waals surface area contributed by atoms with Crippen LogP contribution >= 0.6 is 0 Å². The van der Waals surface area contributed by atoms with Crippen LogP contribution in [0.25, 0.3) is 0 Å². The normalized spacial score (nSPS) is 8.17. The SMILES string of the molecule is N.NC=CCN. The second-order valence-electron chi connectivity index (χ2n) is 0.664. The number of nitrogens with two attached hydrogens (primary N) is 2. The van der Waals surface area contributed by atoms with Gasteiger partial charge < -0.3 is 17.6 Å². The van der Waals surface area contributed by atoms with Crippen molar-refractivity contribution in [3.63, 3.8) is 0 Å². The summed E-state index contributed by atoms with van der Waals surface area (Å²) in [5.74, 6) is 0. The number of rotatable bonds is 1. The fourth-order valence-corrected chi connectivity index (χ4v) is 0.0786. The van der Waals surface area contributed by atoms with Crippen molar-refractivity contribution >= 4 is 0 Å². The lowest BCUT2D eigenvalue weighted by molar-refractivity contribution is 1.24. The molecule has 0 bridgehead atoms. The molecule has 0 radical (unpaired) electrons. The molecule has 3 heteroatoms. The lowest BCUT2D eigenvalue weighted by atomic mass is 10.6. The molecule has 0 unspecified atom stereocenters. The lowest BCUT2D eigenvalue weighted by Gasteiger charge is -1.68. The van der Waals surface area contributed by atoms with E-state index in [-0.39, 0.29) is 6.15 Å². The molecule has 0 aliphatic rings. The summed E-state index contributed by atoms with van der Waals surface area (Å²) < 4.78 is 0. The molecular weight excluding hydrogens is 78.1 g/mol. The van der Waals surface area contributed by atoms with Gasteiger partial charge in [0.05, 0.1) is 0 Å². The Morgan fingerprint density at radius 3 is 2.00 bits per heavy atom. The van der Waals surface area contributed by atoms with Crippen molar-refractivity contribution in [2.75, 3.05) is 6.54 Å². The predicted octanol–water partition coefficient (Wildman–Crippen LogP) is -0.421. The molecule has 0 fully saturated rings. The predicted molar refractivity (Wildman–Crippen MR) is 27.4 cm³/mol. The lowest BCUT2D eigenvalue weighted by Crippen LogP contribution is -1.93. The van der Waals surface area contributed by atoms with Crippen LogP contribution in [-0.4, -0.2) is 6.54 Å². The molecule has 0 spiro atoms. The first-order chi connectivity index (χ1) is 2.41. The van der Waals surface area contributed by atoms with Gasteiger partial charge in [-0.1, -0.05) is 6.08 Å². The zero-order valence-corrected chi connectivity index (χ0v) is 3.72. The molecule has 0 aliphatic heterocycles. The molecule has 3 nitrogen and oxygen atoms in total. The maximum atomic E-state index is 4.97. The average Bonchev–Trinajstić information content (AvgIpc) is 1.41. The van der Waals surface area contributed by atoms with E-state index in [1.54, 1.807) is 6.08 Å². The minimum absolute atomic E-state index is 0. The van der Waals surface area contributed by atoms with E-state index in [1.807, 2.05) is 0 Å². The van der Waals surface area contributed by atoms with Crippen molar-refractivity contribution in [1.29, 1.82) is 0 Å². The topological polar surface area (TPSA) is 87.0 Å². The summed E-state index contributed by atoms with van der Waals surface area (Å²) in [6.45, 7) is 0.538. The Kier molecular flexibility index (Phi) is 13.3. The van der Waals surface area contributed by atoms with Crippen LogP contribution in [0.5, 0.6) is 0 Å². The number of hydrogen-bond acceptors (Lipinski definition) is 3. The van der Waals surface area contributed by atoms with Gasteiger partial charge in [-0.15, -0.1) is 0 Å². The van der Waals surface area contributed by atoms with Crippen LogP contribution in [0.2, 0.25) is 0 Å². The average molecular weight is 89.1 g/mol. The van der Waals surface area contributed by atoms with Gasteiger partial charge in [-0.3, -0.25) is 0 Å². The van der Waals surface area contributed by atoms with Crippen molar-refractivity contribution in [1.82, 2.24) is 6.15 Å². The summed E-state index contributed by atoms with van der Waals surface area (Å²) >= 11 is 0. The Hall–Kier alpha value is -0.540. The zero-order valence-electron chi connectivity index (χ0n) is 3.72. The molecule has 0 rings (SSSR count). The summed E-state index contributed by atoms with van der Waals surface area (Å²) in [5, 5.41) is 0. The Morgan fingerprint density at radius 1 is 1.50 bits per heavy atom. The minimum atomic E-state index is 0. The quantitative estimate of drug-likeness (QED) is 0.407. The van der Waals surface area contributed by atoms with E-state index in [0.717, 1.165) is 0 Å². The summed E-state index contributed by atoms with van der Waals surface area (Å²) in [7, 11) is 0. The Labute approximate surface area is 37.6 Å². The van der Waals surface area contributed by atoms with Crippen LogP contribution in [0.1, 0.15) is 0 Å². The summed E-state index contributed by atoms with van der Waals surface area (Å²) in [6.07, 6.45) is 3.11. The third-order valence-corrected chi connectivity index (χ3v) is 0.272. The largest absolute Gasteiger partial charge is 0.405 e. The standard InChI is InChI=1S/C3H8N2.H3N/c4-2-1-3-5;/h1-2H,3-5H2;1H3. The van der Waals surface area contributed by atoms with Crippen LogP contribution in [0, 0.1) is 0 Å². The maximum absolute atomic E-state index is 4.97. The molecule has 0 aliphatic carbocycles. The fraction of sp³-hybridized carbons (Fsp3) is 0.333. The molecule has 0 saturated carbocycles. The molecule has 38 valence electrons. The molecule has 7 N–H and O–H groups in total. The van der Waals surface area contributed by atoms with Gasteiger partial charge in [0.1, 0.15) is 0 Å². The highest BCUT2D eigenvalue weighted by Gasteiger charge is 1.51. The highest BCUT2D eigenvalue weighted by atomic mass is 14.5. The second kappa shape index (κ2) is 8.82. The van der Waals surface area contributed by atoms with Crippen molar-refractivity contribution < 1.29 is 0 Å². The molecular formula is C3H11N3. The third kappa shape index (κ3) is 9.82. The van der Waals surface area contributed by atoms with Crippen molar-refractivity contribution in [3.8, 4) is 0 Å². The van der Waals surface area contributed by atoms with Gasteiger partial charge in [0.25, 0.3) is 0 Å². The van der Waals surface area contributed by atoms with E-state index in [9.17, 15) is 0 Å². The van der Waals surface area contributed by atoms with Gasteiger partial charge in [0.15, 0.2) is 0 Å². The maximum Gasteiger partial charge on any atom is 0.0123 e. The van der Waals surface area contributed by atoms with E-state index in [2.05, 4.69) is 0 Å². The minimum Gasteiger partial charge on any atom is -0.405 e. The molecule has 0 aromatic heterocycles. The third-order valence-electron chi connectivity index (χ3n) is 0.272. The first kappa shape index (κ1) is 9.07. The van der Waals surface area contributed by atoms with Crippen LogP contribution in [0.15, 0.2) is 12.3 Å². The van der Waals surface area contributed by atoms with Crippen molar-refractivity contribution in [3.05, 3.63) is 12.3 Å². The van der Waals surface area contributed by atoms with E-state index >= 15 is 0 Å². The van der Waals surface area contributed by atoms with E-state index in [0.29, 0.717) is 6.54 Å². The van der Waals surface area contributed by atoms with Crippen molar-refractivity contribution in [2.24, 2.45) is 11.5 Å². The smallest absolute Gasteiger partial charge is 0.0123 e. The van der Waals surface area contributed by atoms with Gasteiger partial charge in [-0.2, -0.15) is 0 Å². The van der Waals surface area contributed by atoms with Gasteiger partial charge in [-0.25, -0.2) is 0 Å². The van der Waals surface area contributed by atoms with E-state index < -0.39 is 0 Å². The molecule has 0 aromatic rings. The molecule has 6 heavy (non-hydrogen) atoms. The van der Waals surface area contributed by atoms with Crippen LogP contribution in [0.4, 0.5) is 0 Å². The summed E-state index contributed by atoms with van der Waals surface area (Å²) in [5.41, 5.74) is 9.85. The first-order valence-corrected chi connectivity index (χ1v) is 1.48. The Balaban J connectivity index is 0. The van der Waals surface area contributed by atoms with Crippen LogP contribution in [-0.2, 0) is 0 Å². The summed E-state index contributed by atoms with van der Waals surface area (Å²) in [6, 6.07) is 0. The van der Waals surface area contributed by atoms with Gasteiger partial charge in [0, 0.05) is 6.54 Å². The van der Waals surface area contributed by atoms with Gasteiger partial charge in [0.2, 0.25) is 0 Å². The molecule has 0 atom stereocenters. The van der Waals surface area contributed by atoms with Crippen molar-refractivity contribution in [2.45, 2.75) is 0 Å². The summed E-state index contributed by atoms with van der Waals surface area (Å²) in [4.78, 5) is 0. The zero-order chi connectivity index (χ0) is 4.12. The Morgan fingerprint density at radius 2 is 2.00 bits per heavy atom. The first-order valence-electron chi connectivity index (χ1n) is 1.48. The van der Waals surface area contributed by atoms with E-state index in [4.69, 9.17) is 11.5 Å². The molecule has 0 amide bonds. The molecule has 0 aromatic carbocycles. The Bertz CT molecular complexity index is 33.0.